The topological polar surface area (TPSA) is 147 Å². The molecule has 13 heteroatoms. The molecule has 0 saturated carbocycles. The van der Waals surface area contributed by atoms with Crippen molar-refractivity contribution in [2.24, 2.45) is 17.8 Å². The Bertz CT molecular complexity index is 1500. The minimum Gasteiger partial charge on any atom is -0.468 e. The van der Waals surface area contributed by atoms with Crippen LogP contribution in [0.1, 0.15) is 107 Å². The van der Waals surface area contributed by atoms with Crippen LogP contribution in [0.25, 0.3) is 0 Å². The number of carbonyl (C=O) groups is 5. The second-order valence-corrected chi connectivity index (χ2v) is 15.8. The number of benzene rings is 1. The lowest BCUT2D eigenvalue weighted by molar-refractivity contribution is -0.149. The van der Waals surface area contributed by atoms with Gasteiger partial charge in [0, 0.05) is 50.2 Å². The first-order chi connectivity index (χ1) is 25.2. The molecule has 0 spiro atoms. The second kappa shape index (κ2) is 21.3. The lowest BCUT2D eigenvalue weighted by Gasteiger charge is -2.37. The molecule has 1 fully saturated rings. The van der Waals surface area contributed by atoms with Crippen LogP contribution in [0.3, 0.4) is 0 Å². The van der Waals surface area contributed by atoms with Crippen molar-refractivity contribution in [1.82, 2.24) is 25.4 Å². The molecule has 1 saturated heterocycles. The number of ether oxygens (including phenoxy) is 2. The highest BCUT2D eigenvalue weighted by Crippen LogP contribution is 2.32. The molecule has 294 valence electrons. The zero-order valence-electron chi connectivity index (χ0n) is 33.1. The largest absolute Gasteiger partial charge is 0.468 e. The molecular weight excluding hydrogens is 695 g/mol. The van der Waals surface area contributed by atoms with E-state index in [-0.39, 0.29) is 54.1 Å². The van der Waals surface area contributed by atoms with Gasteiger partial charge in [-0.1, -0.05) is 71.4 Å². The van der Waals surface area contributed by atoms with E-state index in [1.54, 1.807) is 17.3 Å². The van der Waals surface area contributed by atoms with Crippen molar-refractivity contribution in [2.45, 2.75) is 117 Å². The summed E-state index contributed by atoms with van der Waals surface area (Å²) in [6.45, 7) is 12.6. The van der Waals surface area contributed by atoms with E-state index in [0.29, 0.717) is 24.4 Å². The number of Topliss-reactive ketones (excluding diaryl/α,β-unsaturated/α-hetero) is 1. The van der Waals surface area contributed by atoms with Crippen molar-refractivity contribution in [1.29, 1.82) is 0 Å². The molecular formula is C40H61N5O7S. The van der Waals surface area contributed by atoms with Gasteiger partial charge < -0.3 is 25.0 Å². The van der Waals surface area contributed by atoms with Crippen molar-refractivity contribution in [3.8, 4) is 0 Å². The van der Waals surface area contributed by atoms with Gasteiger partial charge in [0.15, 0.2) is 11.9 Å². The van der Waals surface area contributed by atoms with E-state index in [2.05, 4.69) is 20.5 Å². The molecule has 3 rings (SSSR count). The van der Waals surface area contributed by atoms with E-state index in [0.717, 1.165) is 31.4 Å². The molecule has 1 aromatic heterocycles. The smallest absolute Gasteiger partial charge is 0.322 e. The highest BCUT2D eigenvalue weighted by molar-refractivity contribution is 7.09. The Morgan fingerprint density at radius 3 is 2.32 bits per heavy atom. The summed E-state index contributed by atoms with van der Waals surface area (Å²) in [5.41, 5.74) is 1.16. The van der Waals surface area contributed by atoms with Crippen LogP contribution in [0.15, 0.2) is 35.7 Å². The average Bonchev–Trinajstić information content (AvgIpc) is 3.62. The fourth-order valence-electron chi connectivity index (χ4n) is 7.19. The number of piperidine rings is 1. The molecule has 2 N–H and O–H groups in total. The monoisotopic (exact) mass is 755 g/mol. The third-order valence-electron chi connectivity index (χ3n) is 10.2. The number of ketones is 1. The number of esters is 2. The van der Waals surface area contributed by atoms with Gasteiger partial charge in [0.05, 0.1) is 13.2 Å². The van der Waals surface area contributed by atoms with Crippen LogP contribution < -0.4 is 10.6 Å². The van der Waals surface area contributed by atoms with Crippen LogP contribution in [0, 0.1) is 17.8 Å². The minimum atomic E-state index is -0.811. The molecule has 1 aliphatic heterocycles. The highest BCUT2D eigenvalue weighted by atomic mass is 32.1. The van der Waals surface area contributed by atoms with Gasteiger partial charge >= 0.3 is 11.9 Å². The maximum absolute atomic E-state index is 14.1. The molecule has 2 heterocycles. The van der Waals surface area contributed by atoms with Crippen LogP contribution in [-0.2, 0) is 35.1 Å². The van der Waals surface area contributed by atoms with E-state index in [1.165, 1.54) is 25.4 Å². The van der Waals surface area contributed by atoms with E-state index in [9.17, 15) is 24.0 Å². The number of aromatic nitrogens is 1. The summed E-state index contributed by atoms with van der Waals surface area (Å²) < 4.78 is 10.8. The molecule has 1 aliphatic rings. The standard InChI is InChI=1S/C40H61N5O7S/c1-10-41-31(40(50)51-9)21-29(20-28-16-12-11-13-17-28)42-37(48)32-24-53-38(43-32)36(52-27(6)46)23-34(26(4)5)45(8)39(49)30(25(2)3)22-35(47)33-18-14-15-19-44(33)7/h11-13,16-17,24-26,29-31,33-34,36,41H,10,14-15,18-23H2,1-9H3,(H,42,48)/t29-,30-,31-,33+,34+,36+/m0/s1. The van der Waals surface area contributed by atoms with E-state index in [4.69, 9.17) is 9.47 Å². The van der Waals surface area contributed by atoms with E-state index in [1.807, 2.05) is 72.0 Å². The summed E-state index contributed by atoms with van der Waals surface area (Å²) in [6, 6.07) is 8.14. The molecule has 2 amide bonds. The van der Waals surface area contributed by atoms with Gasteiger partial charge in [-0.05, 0) is 63.2 Å². The van der Waals surface area contributed by atoms with Gasteiger partial charge in [-0.2, -0.15) is 0 Å². The fourth-order valence-corrected chi connectivity index (χ4v) is 8.03. The Labute approximate surface area is 319 Å². The molecule has 0 radical (unpaired) electrons. The van der Waals surface area contributed by atoms with Crippen molar-refractivity contribution < 1.29 is 33.4 Å². The Kier molecular flexibility index (Phi) is 17.5. The number of carbonyl (C=O) groups excluding carboxylic acids is 5. The SMILES string of the molecule is CCN[C@@H](C[C@H](Cc1ccccc1)NC(=O)c1csc([C@@H](C[C@H](C(C)C)N(C)C(=O)[C@@H](CC(=O)[C@H]2CCCCN2C)C(C)C)OC(C)=O)n1)C(=O)OC. The Morgan fingerprint density at radius 1 is 1.04 bits per heavy atom. The van der Waals surface area contributed by atoms with Crippen molar-refractivity contribution >= 4 is 40.9 Å². The number of thiazole rings is 1. The van der Waals surface area contributed by atoms with Crippen LogP contribution in [0.5, 0.6) is 0 Å². The summed E-state index contributed by atoms with van der Waals surface area (Å²) in [7, 11) is 5.07. The molecule has 12 nitrogen and oxygen atoms in total. The minimum absolute atomic E-state index is 0.0176. The summed E-state index contributed by atoms with van der Waals surface area (Å²) in [5.74, 6) is -1.90. The molecule has 53 heavy (non-hydrogen) atoms. The number of nitrogens with one attached hydrogen (secondary N) is 2. The van der Waals surface area contributed by atoms with Crippen LogP contribution >= 0.6 is 11.3 Å². The molecule has 0 unspecified atom stereocenters. The Balaban J connectivity index is 1.81. The van der Waals surface area contributed by atoms with Gasteiger partial charge in [-0.3, -0.25) is 28.9 Å². The molecule has 0 bridgehead atoms. The summed E-state index contributed by atoms with van der Waals surface area (Å²) in [5, 5.41) is 8.28. The number of amides is 2. The van der Waals surface area contributed by atoms with E-state index < -0.39 is 42.0 Å². The summed E-state index contributed by atoms with van der Waals surface area (Å²) in [6.07, 6.45) is 3.30. The molecule has 2 aromatic rings. The number of hydrogen-bond acceptors (Lipinski definition) is 11. The zero-order chi connectivity index (χ0) is 39.2. The van der Waals surface area contributed by atoms with Crippen LogP contribution in [0.4, 0.5) is 0 Å². The van der Waals surface area contributed by atoms with Gasteiger partial charge in [0.25, 0.3) is 5.91 Å². The summed E-state index contributed by atoms with van der Waals surface area (Å²) in [4.78, 5) is 74.6. The highest BCUT2D eigenvalue weighted by Gasteiger charge is 2.37. The maximum atomic E-state index is 14.1. The van der Waals surface area contributed by atoms with Crippen LogP contribution in [-0.4, -0.2) is 103 Å². The zero-order valence-corrected chi connectivity index (χ0v) is 33.9. The summed E-state index contributed by atoms with van der Waals surface area (Å²) >= 11 is 1.21. The van der Waals surface area contributed by atoms with Gasteiger partial charge in [-0.15, -0.1) is 11.3 Å². The number of hydrogen-bond donors (Lipinski definition) is 2. The number of likely N-dealkylation sites (tertiary alicyclic amines) is 1. The molecule has 0 aliphatic carbocycles. The first-order valence-corrected chi connectivity index (χ1v) is 19.8. The Hall–Kier alpha value is -3.68. The third kappa shape index (κ3) is 13.0. The number of methoxy groups -OCH3 is 1. The lowest BCUT2D eigenvalue weighted by atomic mass is 9.84. The van der Waals surface area contributed by atoms with Crippen LogP contribution in [0.2, 0.25) is 0 Å². The third-order valence-corrected chi connectivity index (χ3v) is 11.1. The van der Waals surface area contributed by atoms with E-state index >= 15 is 0 Å². The lowest BCUT2D eigenvalue weighted by Crippen LogP contribution is -2.48. The normalized spacial score (nSPS) is 17.8. The quantitative estimate of drug-likeness (QED) is 0.173. The van der Waals surface area contributed by atoms with Crippen molar-refractivity contribution in [3.63, 3.8) is 0 Å². The van der Waals surface area contributed by atoms with Gasteiger partial charge in [-0.25, -0.2) is 4.98 Å². The first-order valence-electron chi connectivity index (χ1n) is 18.9. The predicted octanol–water partition coefficient (Wildman–Crippen LogP) is 5.22. The fraction of sp³-hybridized carbons (Fsp3) is 0.650. The maximum Gasteiger partial charge on any atom is 0.322 e. The van der Waals surface area contributed by atoms with Crippen molar-refractivity contribution in [3.05, 3.63) is 52.0 Å². The molecule has 6 atom stereocenters. The predicted molar refractivity (Wildman–Crippen MR) is 206 cm³/mol. The van der Waals surface area contributed by atoms with Gasteiger partial charge in [0.1, 0.15) is 16.7 Å². The number of nitrogens with zero attached hydrogens (tertiary/aromatic N) is 3. The Morgan fingerprint density at radius 2 is 1.74 bits per heavy atom. The molecule has 1 aromatic carbocycles. The second-order valence-electron chi connectivity index (χ2n) is 14.9. The first kappa shape index (κ1) is 43.7. The van der Waals surface area contributed by atoms with Crippen molar-refractivity contribution in [2.75, 3.05) is 34.3 Å². The average molecular weight is 756 g/mol. The number of likely N-dealkylation sites (N-methyl/N-ethyl adjacent to an activating group) is 2. The van der Waals surface area contributed by atoms with Gasteiger partial charge in [0.2, 0.25) is 5.91 Å². The number of rotatable bonds is 20.